The van der Waals surface area contributed by atoms with Gasteiger partial charge in [0.1, 0.15) is 0 Å². The van der Waals surface area contributed by atoms with Crippen molar-refractivity contribution in [1.82, 2.24) is 5.32 Å². The topological polar surface area (TPSA) is 12.0 Å². The molecule has 0 aliphatic carbocycles. The molecule has 2 aromatic carbocycles. The number of rotatable bonds is 5. The molecule has 0 bridgehead atoms. The Kier molecular flexibility index (Phi) is 6.61. The Labute approximate surface area is 122 Å². The van der Waals surface area contributed by atoms with Crippen LogP contribution in [0.25, 0.3) is 11.1 Å². The second-order valence-corrected chi connectivity index (χ2v) is 4.75. The van der Waals surface area contributed by atoms with E-state index in [1.165, 1.54) is 23.1 Å². The molecule has 19 heavy (non-hydrogen) atoms. The standard InChI is InChI=1S/C17H21N.ClH/c1-3-14(2)18-13-15-9-11-17(12-10-15)16-7-5-4-6-8-16;/h4-12,14,18H,3,13H2,1-2H3;1H. The average molecular weight is 276 g/mol. The number of benzene rings is 2. The highest BCUT2D eigenvalue weighted by Gasteiger charge is 1.99. The fourth-order valence-electron chi connectivity index (χ4n) is 1.88. The van der Waals surface area contributed by atoms with Gasteiger partial charge in [-0.05, 0) is 30.0 Å². The first-order valence-corrected chi connectivity index (χ1v) is 6.67. The van der Waals surface area contributed by atoms with E-state index in [0.29, 0.717) is 6.04 Å². The normalized spacial score (nSPS) is 11.7. The van der Waals surface area contributed by atoms with Crippen LogP contribution in [0.4, 0.5) is 0 Å². The van der Waals surface area contributed by atoms with Crippen LogP contribution in [0, 0.1) is 0 Å². The molecule has 1 atom stereocenters. The van der Waals surface area contributed by atoms with Gasteiger partial charge in [0, 0.05) is 12.6 Å². The van der Waals surface area contributed by atoms with E-state index in [0.717, 1.165) is 6.54 Å². The second kappa shape index (κ2) is 7.98. The molecule has 0 heterocycles. The summed E-state index contributed by atoms with van der Waals surface area (Å²) >= 11 is 0. The van der Waals surface area contributed by atoms with Crippen LogP contribution < -0.4 is 5.32 Å². The zero-order valence-electron chi connectivity index (χ0n) is 11.6. The predicted octanol–water partition coefficient (Wildman–Crippen LogP) is 4.66. The lowest BCUT2D eigenvalue weighted by Crippen LogP contribution is -2.24. The maximum absolute atomic E-state index is 3.51. The molecule has 0 aliphatic heterocycles. The van der Waals surface area contributed by atoms with Gasteiger partial charge in [0.15, 0.2) is 0 Å². The van der Waals surface area contributed by atoms with Gasteiger partial charge >= 0.3 is 0 Å². The van der Waals surface area contributed by atoms with E-state index in [9.17, 15) is 0 Å². The number of halogens is 1. The van der Waals surface area contributed by atoms with Gasteiger partial charge in [-0.1, -0.05) is 61.5 Å². The molecular formula is C17H22ClN. The number of hydrogen-bond acceptors (Lipinski definition) is 1. The summed E-state index contributed by atoms with van der Waals surface area (Å²) in [5.41, 5.74) is 3.90. The van der Waals surface area contributed by atoms with Crippen molar-refractivity contribution in [3.8, 4) is 11.1 Å². The Balaban J connectivity index is 0.00000180. The first-order valence-electron chi connectivity index (χ1n) is 6.67. The summed E-state index contributed by atoms with van der Waals surface area (Å²) in [6, 6.07) is 19.9. The van der Waals surface area contributed by atoms with Crippen molar-refractivity contribution in [3.63, 3.8) is 0 Å². The Morgan fingerprint density at radius 3 is 2.05 bits per heavy atom. The first kappa shape index (κ1) is 15.7. The van der Waals surface area contributed by atoms with E-state index in [-0.39, 0.29) is 12.4 Å². The molecule has 2 aromatic rings. The minimum atomic E-state index is 0. The molecule has 0 saturated heterocycles. The minimum Gasteiger partial charge on any atom is -0.310 e. The highest BCUT2D eigenvalue weighted by atomic mass is 35.5. The van der Waals surface area contributed by atoms with Crippen LogP contribution in [-0.2, 0) is 6.54 Å². The average Bonchev–Trinajstić information content (AvgIpc) is 2.46. The molecule has 1 unspecified atom stereocenters. The smallest absolute Gasteiger partial charge is 0.0207 e. The Bertz CT molecular complexity index is 464. The quantitative estimate of drug-likeness (QED) is 0.837. The van der Waals surface area contributed by atoms with Crippen LogP contribution in [0.15, 0.2) is 54.6 Å². The summed E-state index contributed by atoms with van der Waals surface area (Å²) < 4.78 is 0. The lowest BCUT2D eigenvalue weighted by atomic mass is 10.0. The van der Waals surface area contributed by atoms with Crippen LogP contribution in [0.2, 0.25) is 0 Å². The van der Waals surface area contributed by atoms with E-state index < -0.39 is 0 Å². The monoisotopic (exact) mass is 275 g/mol. The van der Waals surface area contributed by atoms with Gasteiger partial charge in [-0.2, -0.15) is 0 Å². The lowest BCUT2D eigenvalue weighted by Gasteiger charge is -2.11. The third-order valence-electron chi connectivity index (χ3n) is 3.33. The van der Waals surface area contributed by atoms with Crippen molar-refractivity contribution in [2.45, 2.75) is 32.9 Å². The molecule has 0 radical (unpaired) electrons. The summed E-state index contributed by atoms with van der Waals surface area (Å²) in [6.45, 7) is 5.37. The molecule has 0 saturated carbocycles. The molecule has 0 aromatic heterocycles. The maximum Gasteiger partial charge on any atom is 0.0207 e. The van der Waals surface area contributed by atoms with Crippen LogP contribution in [0.3, 0.4) is 0 Å². The van der Waals surface area contributed by atoms with Gasteiger partial charge in [0.05, 0.1) is 0 Å². The van der Waals surface area contributed by atoms with E-state index >= 15 is 0 Å². The molecule has 1 N–H and O–H groups in total. The van der Waals surface area contributed by atoms with Crippen molar-refractivity contribution in [2.75, 3.05) is 0 Å². The summed E-state index contributed by atoms with van der Waals surface area (Å²) in [4.78, 5) is 0. The highest BCUT2D eigenvalue weighted by molar-refractivity contribution is 5.85. The van der Waals surface area contributed by atoms with Gasteiger partial charge in [-0.15, -0.1) is 12.4 Å². The van der Waals surface area contributed by atoms with Crippen molar-refractivity contribution < 1.29 is 0 Å². The van der Waals surface area contributed by atoms with Gasteiger partial charge in [0.2, 0.25) is 0 Å². The Morgan fingerprint density at radius 2 is 1.47 bits per heavy atom. The Hall–Kier alpha value is -1.31. The van der Waals surface area contributed by atoms with Crippen LogP contribution in [0.5, 0.6) is 0 Å². The van der Waals surface area contributed by atoms with Gasteiger partial charge in [-0.25, -0.2) is 0 Å². The summed E-state index contributed by atoms with van der Waals surface area (Å²) in [5, 5.41) is 3.51. The largest absolute Gasteiger partial charge is 0.310 e. The van der Waals surface area contributed by atoms with Crippen LogP contribution >= 0.6 is 12.4 Å². The zero-order valence-corrected chi connectivity index (χ0v) is 12.4. The predicted molar refractivity (Wildman–Crippen MR) is 85.7 cm³/mol. The van der Waals surface area contributed by atoms with Crippen LogP contribution in [0.1, 0.15) is 25.8 Å². The summed E-state index contributed by atoms with van der Waals surface area (Å²) in [7, 11) is 0. The van der Waals surface area contributed by atoms with Crippen molar-refractivity contribution in [2.24, 2.45) is 0 Å². The molecule has 1 nitrogen and oxygen atoms in total. The number of nitrogens with one attached hydrogen (secondary N) is 1. The molecule has 0 aliphatic rings. The summed E-state index contributed by atoms with van der Waals surface area (Å²) in [5.74, 6) is 0. The van der Waals surface area contributed by atoms with Crippen molar-refractivity contribution in [3.05, 3.63) is 60.2 Å². The third-order valence-corrected chi connectivity index (χ3v) is 3.33. The minimum absolute atomic E-state index is 0. The maximum atomic E-state index is 3.51. The van der Waals surface area contributed by atoms with Gasteiger partial charge < -0.3 is 5.32 Å². The van der Waals surface area contributed by atoms with Gasteiger partial charge in [0.25, 0.3) is 0 Å². The Morgan fingerprint density at radius 1 is 0.895 bits per heavy atom. The second-order valence-electron chi connectivity index (χ2n) is 4.75. The van der Waals surface area contributed by atoms with E-state index in [4.69, 9.17) is 0 Å². The van der Waals surface area contributed by atoms with Crippen molar-refractivity contribution >= 4 is 12.4 Å². The van der Waals surface area contributed by atoms with E-state index in [2.05, 4.69) is 67.7 Å². The molecule has 0 fully saturated rings. The molecule has 2 rings (SSSR count). The summed E-state index contributed by atoms with van der Waals surface area (Å²) in [6.07, 6.45) is 1.17. The van der Waals surface area contributed by atoms with Crippen molar-refractivity contribution in [1.29, 1.82) is 0 Å². The first-order chi connectivity index (χ1) is 8.79. The molecule has 0 amide bonds. The van der Waals surface area contributed by atoms with Crippen LogP contribution in [-0.4, -0.2) is 6.04 Å². The molecular weight excluding hydrogens is 254 g/mol. The number of hydrogen-bond donors (Lipinski definition) is 1. The molecule has 0 spiro atoms. The molecule has 102 valence electrons. The SMILES string of the molecule is CCC(C)NCc1ccc(-c2ccccc2)cc1.Cl. The zero-order chi connectivity index (χ0) is 12.8. The van der Waals surface area contributed by atoms with E-state index in [1.807, 2.05) is 6.07 Å². The van der Waals surface area contributed by atoms with Gasteiger partial charge in [-0.3, -0.25) is 0 Å². The van der Waals surface area contributed by atoms with E-state index in [1.54, 1.807) is 0 Å². The molecule has 2 heteroatoms. The lowest BCUT2D eigenvalue weighted by molar-refractivity contribution is 0.534. The fourth-order valence-corrected chi connectivity index (χ4v) is 1.88. The fraction of sp³-hybridized carbons (Fsp3) is 0.294. The third kappa shape index (κ3) is 4.70. The highest BCUT2D eigenvalue weighted by Crippen LogP contribution is 2.19.